The molecule has 0 radical (unpaired) electrons. The molecule has 0 unspecified atom stereocenters. The van der Waals surface area contributed by atoms with Crippen LogP contribution < -0.4 is 10.2 Å². The summed E-state index contributed by atoms with van der Waals surface area (Å²) in [4.78, 5) is 19.0. The molecule has 3 rings (SSSR count). The molecule has 0 saturated carbocycles. The molecule has 0 aliphatic carbocycles. The molecule has 2 aromatic heterocycles. The van der Waals surface area contributed by atoms with Crippen LogP contribution in [0.25, 0.3) is 0 Å². The van der Waals surface area contributed by atoms with Gasteiger partial charge in [0.1, 0.15) is 0 Å². The topological polar surface area (TPSA) is 66.8 Å². The number of hydrogen-bond acceptors (Lipinski definition) is 6. The highest BCUT2D eigenvalue weighted by molar-refractivity contribution is 6.28. The lowest BCUT2D eigenvalue weighted by Crippen LogP contribution is -2.21. The Morgan fingerprint density at radius 1 is 1.19 bits per heavy atom. The van der Waals surface area contributed by atoms with E-state index in [9.17, 15) is 0 Å². The number of aromatic nitrogens is 4. The largest absolute Gasteiger partial charge is 0.354 e. The van der Waals surface area contributed by atoms with Crippen LogP contribution in [0.5, 0.6) is 0 Å². The molecule has 1 saturated heterocycles. The number of pyridine rings is 1. The lowest BCUT2D eigenvalue weighted by molar-refractivity contribution is 0.873. The van der Waals surface area contributed by atoms with E-state index >= 15 is 0 Å². The Hall–Kier alpha value is -1.95. The highest BCUT2D eigenvalue weighted by Gasteiger charge is 2.16. The van der Waals surface area contributed by atoms with Gasteiger partial charge in [-0.25, -0.2) is 0 Å². The molecule has 0 spiro atoms. The zero-order valence-electron chi connectivity index (χ0n) is 11.7. The minimum absolute atomic E-state index is 0.232. The second kappa shape index (κ2) is 6.67. The van der Waals surface area contributed by atoms with Crippen molar-refractivity contribution in [3.63, 3.8) is 0 Å². The van der Waals surface area contributed by atoms with Gasteiger partial charge < -0.3 is 10.2 Å². The van der Waals surface area contributed by atoms with E-state index in [2.05, 4.69) is 30.2 Å². The smallest absolute Gasteiger partial charge is 0.231 e. The van der Waals surface area contributed by atoms with E-state index in [1.807, 2.05) is 18.3 Å². The van der Waals surface area contributed by atoms with Gasteiger partial charge in [0.05, 0.1) is 0 Å². The van der Waals surface area contributed by atoms with Crippen LogP contribution in [0.4, 0.5) is 11.9 Å². The van der Waals surface area contributed by atoms with Gasteiger partial charge in [0.25, 0.3) is 0 Å². The predicted molar refractivity (Wildman–Crippen MR) is 82.7 cm³/mol. The van der Waals surface area contributed by atoms with Crippen molar-refractivity contribution in [1.82, 2.24) is 19.9 Å². The fourth-order valence-corrected chi connectivity index (χ4v) is 2.50. The molecule has 1 aliphatic heterocycles. The van der Waals surface area contributed by atoms with Gasteiger partial charge in [-0.3, -0.25) is 4.98 Å². The van der Waals surface area contributed by atoms with Gasteiger partial charge in [-0.2, -0.15) is 15.0 Å². The van der Waals surface area contributed by atoms with Gasteiger partial charge in [0.15, 0.2) is 0 Å². The maximum atomic E-state index is 5.99. The van der Waals surface area contributed by atoms with Crippen LogP contribution in [0.2, 0.25) is 5.28 Å². The third kappa shape index (κ3) is 3.78. The number of anilines is 2. The van der Waals surface area contributed by atoms with Gasteiger partial charge in [0.2, 0.25) is 17.2 Å². The molecule has 0 aromatic carbocycles. The second-order valence-electron chi connectivity index (χ2n) is 4.96. The third-order valence-corrected chi connectivity index (χ3v) is 3.57. The zero-order valence-corrected chi connectivity index (χ0v) is 12.4. The normalized spacial score (nSPS) is 14.4. The molecule has 21 heavy (non-hydrogen) atoms. The molecule has 2 aromatic rings. The fourth-order valence-electron chi connectivity index (χ4n) is 2.34. The summed E-state index contributed by atoms with van der Waals surface area (Å²) in [7, 11) is 0. The van der Waals surface area contributed by atoms with Crippen molar-refractivity contribution >= 4 is 23.5 Å². The van der Waals surface area contributed by atoms with Gasteiger partial charge in [-0.15, -0.1) is 0 Å². The van der Waals surface area contributed by atoms with E-state index in [-0.39, 0.29) is 5.28 Å². The summed E-state index contributed by atoms with van der Waals surface area (Å²) in [6.45, 7) is 2.69. The molecule has 1 fully saturated rings. The van der Waals surface area contributed by atoms with E-state index in [0.717, 1.165) is 26.1 Å². The minimum atomic E-state index is 0.232. The summed E-state index contributed by atoms with van der Waals surface area (Å²) < 4.78 is 0. The van der Waals surface area contributed by atoms with Crippen molar-refractivity contribution in [1.29, 1.82) is 0 Å². The van der Waals surface area contributed by atoms with Crippen LogP contribution in [0.1, 0.15) is 18.4 Å². The van der Waals surface area contributed by atoms with Gasteiger partial charge in [-0.1, -0.05) is 6.07 Å². The molecule has 6 nitrogen and oxygen atoms in total. The number of nitrogens with zero attached hydrogens (tertiary/aromatic N) is 5. The number of hydrogen-bond donors (Lipinski definition) is 1. The van der Waals surface area contributed by atoms with E-state index in [4.69, 9.17) is 11.6 Å². The molecule has 0 bridgehead atoms. The van der Waals surface area contributed by atoms with E-state index in [1.165, 1.54) is 18.4 Å². The molecule has 7 heteroatoms. The van der Waals surface area contributed by atoms with Gasteiger partial charge in [0, 0.05) is 32.0 Å². The Morgan fingerprint density at radius 3 is 2.81 bits per heavy atom. The summed E-state index contributed by atoms with van der Waals surface area (Å²) in [5.74, 6) is 1.19. The van der Waals surface area contributed by atoms with Crippen LogP contribution in [-0.4, -0.2) is 39.6 Å². The summed E-state index contributed by atoms with van der Waals surface area (Å²) in [5.41, 5.74) is 1.17. The average Bonchev–Trinajstić information content (AvgIpc) is 3.02. The standard InChI is InChI=1S/C14H17ClN6/c15-12-18-13(17-7-5-11-4-3-6-16-10-11)20-14(19-12)21-8-1-2-9-21/h3-4,6,10H,1-2,5,7-9H2,(H,17,18,19,20). The average molecular weight is 305 g/mol. The lowest BCUT2D eigenvalue weighted by atomic mass is 10.2. The highest BCUT2D eigenvalue weighted by atomic mass is 35.5. The first kappa shape index (κ1) is 14.0. The first-order valence-electron chi connectivity index (χ1n) is 7.10. The van der Waals surface area contributed by atoms with Crippen molar-refractivity contribution in [2.24, 2.45) is 0 Å². The van der Waals surface area contributed by atoms with Crippen molar-refractivity contribution in [2.75, 3.05) is 29.9 Å². The zero-order chi connectivity index (χ0) is 14.5. The summed E-state index contributed by atoms with van der Waals surface area (Å²) in [6, 6.07) is 3.98. The van der Waals surface area contributed by atoms with Crippen LogP contribution in [-0.2, 0) is 6.42 Å². The molecule has 0 amide bonds. The van der Waals surface area contributed by atoms with Crippen LogP contribution in [0.15, 0.2) is 24.5 Å². The SMILES string of the molecule is Clc1nc(NCCc2cccnc2)nc(N2CCCC2)n1. The quantitative estimate of drug-likeness (QED) is 0.913. The minimum Gasteiger partial charge on any atom is -0.354 e. The Balaban J connectivity index is 1.62. The summed E-state index contributed by atoms with van der Waals surface area (Å²) >= 11 is 5.99. The highest BCUT2D eigenvalue weighted by Crippen LogP contribution is 2.18. The van der Waals surface area contributed by atoms with E-state index in [0.29, 0.717) is 11.9 Å². The van der Waals surface area contributed by atoms with Gasteiger partial charge >= 0.3 is 0 Å². The lowest BCUT2D eigenvalue weighted by Gasteiger charge is -2.15. The van der Waals surface area contributed by atoms with E-state index < -0.39 is 0 Å². The van der Waals surface area contributed by atoms with Crippen molar-refractivity contribution in [3.8, 4) is 0 Å². The Bertz CT molecular complexity index is 585. The molecule has 1 aliphatic rings. The maximum absolute atomic E-state index is 5.99. The summed E-state index contributed by atoms with van der Waals surface area (Å²) in [6.07, 6.45) is 6.83. The van der Waals surface area contributed by atoms with Crippen LogP contribution >= 0.6 is 11.6 Å². The Labute approximate surface area is 128 Å². The first-order chi connectivity index (χ1) is 10.3. The summed E-state index contributed by atoms with van der Waals surface area (Å²) in [5, 5.41) is 3.43. The van der Waals surface area contributed by atoms with Gasteiger partial charge in [-0.05, 0) is 42.5 Å². The molecular formula is C14H17ClN6. The molecule has 0 atom stereocenters. The van der Waals surface area contributed by atoms with Crippen molar-refractivity contribution in [3.05, 3.63) is 35.4 Å². The second-order valence-corrected chi connectivity index (χ2v) is 5.30. The number of halogens is 1. The van der Waals surface area contributed by atoms with Crippen LogP contribution in [0.3, 0.4) is 0 Å². The Morgan fingerprint density at radius 2 is 2.05 bits per heavy atom. The maximum Gasteiger partial charge on any atom is 0.231 e. The fraction of sp³-hybridized carbons (Fsp3) is 0.429. The van der Waals surface area contributed by atoms with Crippen molar-refractivity contribution < 1.29 is 0 Å². The van der Waals surface area contributed by atoms with Crippen molar-refractivity contribution in [2.45, 2.75) is 19.3 Å². The Kier molecular flexibility index (Phi) is 4.45. The molecule has 3 heterocycles. The number of nitrogens with one attached hydrogen (secondary N) is 1. The monoisotopic (exact) mass is 304 g/mol. The molecule has 1 N–H and O–H groups in total. The molecule has 110 valence electrons. The number of rotatable bonds is 5. The van der Waals surface area contributed by atoms with E-state index in [1.54, 1.807) is 6.20 Å². The predicted octanol–water partition coefficient (Wildman–Crippen LogP) is 2.17. The molecular weight excluding hydrogens is 288 g/mol. The third-order valence-electron chi connectivity index (χ3n) is 3.40. The first-order valence-corrected chi connectivity index (χ1v) is 7.48. The van der Waals surface area contributed by atoms with Crippen LogP contribution in [0, 0.1) is 0 Å².